The molecule has 0 saturated heterocycles. The van der Waals surface area contributed by atoms with Crippen molar-refractivity contribution in [3.8, 4) is 0 Å². The third kappa shape index (κ3) is 1.36. The zero-order valence-electron chi connectivity index (χ0n) is 7.72. The van der Waals surface area contributed by atoms with Gasteiger partial charge in [-0.2, -0.15) is 0 Å². The fourth-order valence-corrected chi connectivity index (χ4v) is 2.09. The minimum Gasteiger partial charge on any atom is -0.0622 e. The van der Waals surface area contributed by atoms with Crippen molar-refractivity contribution in [1.82, 2.24) is 0 Å². The molecule has 4 atom stereocenters. The number of rotatable bonds is 0. The van der Waals surface area contributed by atoms with Crippen molar-refractivity contribution >= 4 is 0 Å². The van der Waals surface area contributed by atoms with E-state index in [-0.39, 0.29) is 0 Å². The Kier molecular flexibility index (Phi) is 2.38. The van der Waals surface area contributed by atoms with Gasteiger partial charge in [0.05, 0.1) is 0 Å². The summed E-state index contributed by atoms with van der Waals surface area (Å²) in [6.45, 7) is 9.61. The highest BCUT2D eigenvalue weighted by molar-refractivity contribution is 4.78. The van der Waals surface area contributed by atoms with Crippen LogP contribution in [0, 0.1) is 23.7 Å². The molecule has 0 nitrogen and oxygen atoms in total. The molecule has 0 N–H and O–H groups in total. The first-order chi connectivity index (χ1) is 4.63. The van der Waals surface area contributed by atoms with Crippen LogP contribution in [0.15, 0.2) is 0 Å². The lowest BCUT2D eigenvalue weighted by Gasteiger charge is -2.36. The van der Waals surface area contributed by atoms with Crippen LogP contribution in [-0.2, 0) is 0 Å². The third-order valence-electron chi connectivity index (χ3n) is 3.70. The van der Waals surface area contributed by atoms with Gasteiger partial charge in [-0.15, -0.1) is 0 Å². The third-order valence-corrected chi connectivity index (χ3v) is 3.70. The molecule has 0 bridgehead atoms. The summed E-state index contributed by atoms with van der Waals surface area (Å²) in [5.74, 6) is 3.82. The Morgan fingerprint density at radius 1 is 0.700 bits per heavy atom. The first kappa shape index (κ1) is 8.10. The summed E-state index contributed by atoms with van der Waals surface area (Å²) in [6.07, 6.45) is 2.90. The molecule has 0 spiro atoms. The SMILES string of the molecule is C[C@@H]1[C@@H](C)[C@@H](C)CC[C@H]1C. The van der Waals surface area contributed by atoms with E-state index >= 15 is 0 Å². The Morgan fingerprint density at radius 2 is 1.00 bits per heavy atom. The van der Waals surface area contributed by atoms with E-state index in [0.717, 1.165) is 23.7 Å². The molecule has 1 saturated carbocycles. The van der Waals surface area contributed by atoms with Crippen molar-refractivity contribution in [1.29, 1.82) is 0 Å². The summed E-state index contributed by atoms with van der Waals surface area (Å²) in [4.78, 5) is 0. The molecule has 0 radical (unpaired) electrons. The van der Waals surface area contributed by atoms with E-state index in [2.05, 4.69) is 27.7 Å². The van der Waals surface area contributed by atoms with Gasteiger partial charge in [0, 0.05) is 0 Å². The molecule has 60 valence electrons. The molecular formula is C10H20. The largest absolute Gasteiger partial charge is 0.0622 e. The van der Waals surface area contributed by atoms with Crippen LogP contribution in [0.5, 0.6) is 0 Å². The Balaban J connectivity index is 2.52. The average Bonchev–Trinajstić information content (AvgIpc) is 1.93. The van der Waals surface area contributed by atoms with Crippen LogP contribution in [0.3, 0.4) is 0 Å². The van der Waals surface area contributed by atoms with Gasteiger partial charge in [-0.3, -0.25) is 0 Å². The molecule has 0 unspecified atom stereocenters. The molecule has 1 rings (SSSR count). The molecule has 0 heteroatoms. The lowest BCUT2D eigenvalue weighted by molar-refractivity contribution is 0.137. The van der Waals surface area contributed by atoms with Crippen molar-refractivity contribution in [3.63, 3.8) is 0 Å². The average molecular weight is 140 g/mol. The molecule has 1 aliphatic rings. The van der Waals surface area contributed by atoms with E-state index in [0.29, 0.717) is 0 Å². The highest BCUT2D eigenvalue weighted by Gasteiger charge is 2.28. The summed E-state index contributed by atoms with van der Waals surface area (Å²) < 4.78 is 0. The van der Waals surface area contributed by atoms with Gasteiger partial charge in [0.2, 0.25) is 0 Å². The van der Waals surface area contributed by atoms with Crippen LogP contribution in [-0.4, -0.2) is 0 Å². The summed E-state index contributed by atoms with van der Waals surface area (Å²) in [7, 11) is 0. The molecule has 1 fully saturated rings. The van der Waals surface area contributed by atoms with E-state index < -0.39 is 0 Å². The standard InChI is InChI=1S/C10H20/c1-7-5-6-8(2)10(4)9(7)3/h7-10H,5-6H2,1-4H3/t7-,8+,9-,10-/m0/s1. The van der Waals surface area contributed by atoms with Gasteiger partial charge in [0.25, 0.3) is 0 Å². The van der Waals surface area contributed by atoms with Gasteiger partial charge >= 0.3 is 0 Å². The van der Waals surface area contributed by atoms with E-state index in [9.17, 15) is 0 Å². The zero-order chi connectivity index (χ0) is 7.72. The second-order valence-corrected chi connectivity index (χ2v) is 4.25. The predicted molar refractivity (Wildman–Crippen MR) is 45.9 cm³/mol. The summed E-state index contributed by atoms with van der Waals surface area (Å²) in [6, 6.07) is 0. The monoisotopic (exact) mass is 140 g/mol. The van der Waals surface area contributed by atoms with Crippen molar-refractivity contribution < 1.29 is 0 Å². The van der Waals surface area contributed by atoms with Crippen molar-refractivity contribution in [3.05, 3.63) is 0 Å². The van der Waals surface area contributed by atoms with Gasteiger partial charge < -0.3 is 0 Å². The van der Waals surface area contributed by atoms with Crippen LogP contribution < -0.4 is 0 Å². The van der Waals surface area contributed by atoms with E-state index in [4.69, 9.17) is 0 Å². The smallest absolute Gasteiger partial charge is 0.0389 e. The highest BCUT2D eigenvalue weighted by Crippen LogP contribution is 2.37. The van der Waals surface area contributed by atoms with Gasteiger partial charge in [-0.1, -0.05) is 40.5 Å². The van der Waals surface area contributed by atoms with Crippen molar-refractivity contribution in [2.45, 2.75) is 40.5 Å². The van der Waals surface area contributed by atoms with Crippen LogP contribution in [0.1, 0.15) is 40.5 Å². The summed E-state index contributed by atoms with van der Waals surface area (Å²) >= 11 is 0. The second kappa shape index (κ2) is 2.94. The van der Waals surface area contributed by atoms with Gasteiger partial charge in [-0.05, 0) is 23.7 Å². The fourth-order valence-electron chi connectivity index (χ4n) is 2.09. The van der Waals surface area contributed by atoms with Gasteiger partial charge in [0.15, 0.2) is 0 Å². The minimum atomic E-state index is 0.948. The Bertz CT molecular complexity index is 92.6. The molecule has 10 heavy (non-hydrogen) atoms. The maximum Gasteiger partial charge on any atom is -0.0389 e. The molecule has 0 aliphatic heterocycles. The van der Waals surface area contributed by atoms with E-state index in [1.54, 1.807) is 0 Å². The Hall–Kier alpha value is 0. The molecular weight excluding hydrogens is 120 g/mol. The van der Waals surface area contributed by atoms with Crippen LogP contribution in [0.25, 0.3) is 0 Å². The normalized spacial score (nSPS) is 49.2. The molecule has 1 aliphatic carbocycles. The topological polar surface area (TPSA) is 0 Å². The number of hydrogen-bond acceptors (Lipinski definition) is 0. The Labute approximate surface area is 65.0 Å². The van der Waals surface area contributed by atoms with Crippen molar-refractivity contribution in [2.24, 2.45) is 23.7 Å². The number of hydrogen-bond donors (Lipinski definition) is 0. The molecule has 0 aromatic heterocycles. The van der Waals surface area contributed by atoms with Crippen LogP contribution in [0.4, 0.5) is 0 Å². The zero-order valence-corrected chi connectivity index (χ0v) is 7.72. The first-order valence-electron chi connectivity index (χ1n) is 4.63. The maximum atomic E-state index is 2.41. The molecule has 0 aromatic carbocycles. The molecule has 0 heterocycles. The highest BCUT2D eigenvalue weighted by atomic mass is 14.3. The Morgan fingerprint density at radius 3 is 1.30 bits per heavy atom. The first-order valence-corrected chi connectivity index (χ1v) is 4.63. The van der Waals surface area contributed by atoms with Crippen LogP contribution in [0.2, 0.25) is 0 Å². The van der Waals surface area contributed by atoms with Crippen LogP contribution >= 0.6 is 0 Å². The fraction of sp³-hybridized carbons (Fsp3) is 1.00. The second-order valence-electron chi connectivity index (χ2n) is 4.25. The van der Waals surface area contributed by atoms with Gasteiger partial charge in [-0.25, -0.2) is 0 Å². The van der Waals surface area contributed by atoms with Crippen molar-refractivity contribution in [2.75, 3.05) is 0 Å². The predicted octanol–water partition coefficient (Wildman–Crippen LogP) is 3.32. The molecule has 0 amide bonds. The van der Waals surface area contributed by atoms with Gasteiger partial charge in [0.1, 0.15) is 0 Å². The summed E-state index contributed by atoms with van der Waals surface area (Å²) in [5, 5.41) is 0. The quantitative estimate of drug-likeness (QED) is 0.484. The maximum absolute atomic E-state index is 2.41. The minimum absolute atomic E-state index is 0.948. The lowest BCUT2D eigenvalue weighted by Crippen LogP contribution is -2.27. The van der Waals surface area contributed by atoms with E-state index in [1.165, 1.54) is 12.8 Å². The summed E-state index contributed by atoms with van der Waals surface area (Å²) in [5.41, 5.74) is 0. The van der Waals surface area contributed by atoms with E-state index in [1.807, 2.05) is 0 Å². The lowest BCUT2D eigenvalue weighted by atomic mass is 9.69. The molecule has 0 aromatic rings.